The fraction of sp³-hybridized carbons (Fsp3) is 0.158. The Hall–Kier alpha value is -3.30. The zero-order valence-electron chi connectivity index (χ0n) is 13.5. The number of rotatable bonds is 7. The van der Waals surface area contributed by atoms with Crippen molar-refractivity contribution in [2.75, 3.05) is 11.9 Å². The van der Waals surface area contributed by atoms with Crippen molar-refractivity contribution in [3.05, 3.63) is 78.1 Å². The van der Waals surface area contributed by atoms with Crippen molar-refractivity contribution in [3.63, 3.8) is 0 Å². The van der Waals surface area contributed by atoms with E-state index in [0.29, 0.717) is 24.3 Å². The average molecular weight is 335 g/mol. The van der Waals surface area contributed by atoms with Gasteiger partial charge in [-0.2, -0.15) is 5.26 Å². The third kappa shape index (κ3) is 4.83. The second-order valence-electron chi connectivity index (χ2n) is 5.54. The van der Waals surface area contributed by atoms with Gasteiger partial charge in [0, 0.05) is 5.69 Å². The maximum atomic E-state index is 12.4. The Balaban J connectivity index is 1.63. The van der Waals surface area contributed by atoms with Crippen LogP contribution in [0, 0.1) is 11.3 Å². The quantitative estimate of drug-likeness (QED) is 0.715. The number of nitrogens with one attached hydrogen (secondary N) is 1. The van der Waals surface area contributed by atoms with Gasteiger partial charge in [0.15, 0.2) is 0 Å². The van der Waals surface area contributed by atoms with E-state index in [1.165, 1.54) is 0 Å². The first-order chi connectivity index (χ1) is 12.2. The van der Waals surface area contributed by atoms with Crippen LogP contribution in [0.3, 0.4) is 0 Å². The Labute approximate surface area is 145 Å². The number of hydrogen-bond acceptors (Lipinski definition) is 5. The minimum atomic E-state index is -0.150. The zero-order chi connectivity index (χ0) is 17.5. The van der Waals surface area contributed by atoms with Crippen molar-refractivity contribution in [3.8, 4) is 6.07 Å². The third-order valence-electron chi connectivity index (χ3n) is 3.58. The van der Waals surface area contributed by atoms with Crippen LogP contribution in [0.15, 0.2) is 69.9 Å². The summed E-state index contributed by atoms with van der Waals surface area (Å²) in [5.41, 5.74) is 1.20. The molecule has 126 valence electrons. The van der Waals surface area contributed by atoms with Gasteiger partial charge in [-0.3, -0.25) is 9.69 Å². The number of carbonyl (C=O) groups excluding carboxylic acids is 1. The van der Waals surface area contributed by atoms with Gasteiger partial charge in [0.25, 0.3) is 0 Å². The fourth-order valence-electron chi connectivity index (χ4n) is 2.45. The summed E-state index contributed by atoms with van der Waals surface area (Å²) in [6.45, 7) is 1.17. The van der Waals surface area contributed by atoms with Crippen molar-refractivity contribution in [2.45, 2.75) is 13.1 Å². The van der Waals surface area contributed by atoms with Gasteiger partial charge in [-0.15, -0.1) is 0 Å². The van der Waals surface area contributed by atoms with Crippen molar-refractivity contribution in [2.24, 2.45) is 0 Å². The first-order valence-corrected chi connectivity index (χ1v) is 7.80. The number of furan rings is 2. The molecule has 0 aliphatic carbocycles. The number of anilines is 1. The van der Waals surface area contributed by atoms with E-state index in [4.69, 9.17) is 14.1 Å². The first-order valence-electron chi connectivity index (χ1n) is 7.80. The highest BCUT2D eigenvalue weighted by Gasteiger charge is 2.15. The maximum absolute atomic E-state index is 12.4. The summed E-state index contributed by atoms with van der Waals surface area (Å²) < 4.78 is 10.7. The van der Waals surface area contributed by atoms with E-state index in [0.717, 1.165) is 11.5 Å². The number of hydrogen-bond donors (Lipinski definition) is 1. The van der Waals surface area contributed by atoms with Crippen LogP contribution in [-0.2, 0) is 17.9 Å². The summed E-state index contributed by atoms with van der Waals surface area (Å²) in [4.78, 5) is 14.3. The molecule has 0 saturated heterocycles. The van der Waals surface area contributed by atoms with Crippen molar-refractivity contribution >= 4 is 11.6 Å². The Kier molecular flexibility index (Phi) is 5.29. The van der Waals surface area contributed by atoms with Crippen LogP contribution in [0.1, 0.15) is 17.1 Å². The van der Waals surface area contributed by atoms with Gasteiger partial charge in [-0.25, -0.2) is 0 Å². The molecule has 0 saturated carbocycles. The molecule has 25 heavy (non-hydrogen) atoms. The Morgan fingerprint density at radius 2 is 1.60 bits per heavy atom. The molecular formula is C19H17N3O3. The van der Waals surface area contributed by atoms with E-state index in [9.17, 15) is 4.79 Å². The molecule has 2 heterocycles. The number of benzene rings is 1. The lowest BCUT2D eigenvalue weighted by atomic mass is 10.2. The van der Waals surface area contributed by atoms with Crippen LogP contribution in [0.2, 0.25) is 0 Å². The zero-order valence-corrected chi connectivity index (χ0v) is 13.5. The topological polar surface area (TPSA) is 82.4 Å². The standard InChI is InChI=1S/C19H17N3O3/c20-11-15-5-7-16(8-6-15)21-19(23)14-22(12-17-3-1-9-24-17)13-18-4-2-10-25-18/h1-10H,12-14H2,(H,21,23). The molecule has 0 atom stereocenters. The summed E-state index contributed by atoms with van der Waals surface area (Å²) in [5, 5.41) is 11.6. The molecule has 0 fully saturated rings. The SMILES string of the molecule is N#Cc1ccc(NC(=O)CN(Cc2ccco2)Cc2ccco2)cc1. The summed E-state index contributed by atoms with van der Waals surface area (Å²) in [7, 11) is 0. The van der Waals surface area contributed by atoms with E-state index in [1.807, 2.05) is 35.2 Å². The minimum absolute atomic E-state index is 0.150. The molecule has 0 unspecified atom stereocenters. The lowest BCUT2D eigenvalue weighted by Gasteiger charge is -2.19. The number of amides is 1. The van der Waals surface area contributed by atoms with Crippen LogP contribution in [0.25, 0.3) is 0 Å². The lowest BCUT2D eigenvalue weighted by molar-refractivity contribution is -0.117. The van der Waals surface area contributed by atoms with E-state index in [2.05, 4.69) is 5.32 Å². The van der Waals surface area contributed by atoms with Gasteiger partial charge in [-0.1, -0.05) is 0 Å². The number of carbonyl (C=O) groups is 1. The Bertz CT molecular complexity index is 795. The van der Waals surface area contributed by atoms with Crippen LogP contribution in [0.4, 0.5) is 5.69 Å². The molecule has 1 N–H and O–H groups in total. The van der Waals surface area contributed by atoms with Crippen LogP contribution in [0.5, 0.6) is 0 Å². The molecule has 0 aliphatic heterocycles. The monoisotopic (exact) mass is 335 g/mol. The van der Waals surface area contributed by atoms with Gasteiger partial charge in [0.1, 0.15) is 11.5 Å². The van der Waals surface area contributed by atoms with E-state index in [-0.39, 0.29) is 12.5 Å². The van der Waals surface area contributed by atoms with Crippen LogP contribution in [-0.4, -0.2) is 17.4 Å². The molecular weight excluding hydrogens is 318 g/mol. The minimum Gasteiger partial charge on any atom is -0.468 e. The van der Waals surface area contributed by atoms with Crippen molar-refractivity contribution in [1.29, 1.82) is 5.26 Å². The highest BCUT2D eigenvalue weighted by molar-refractivity contribution is 5.92. The number of nitriles is 1. The molecule has 0 radical (unpaired) electrons. The van der Waals surface area contributed by atoms with Gasteiger partial charge >= 0.3 is 0 Å². The Morgan fingerprint density at radius 1 is 1.00 bits per heavy atom. The van der Waals surface area contributed by atoms with Gasteiger partial charge in [-0.05, 0) is 48.5 Å². The predicted octanol–water partition coefficient (Wildman–Crippen LogP) is 3.39. The molecule has 3 rings (SSSR count). The molecule has 6 heteroatoms. The molecule has 1 aromatic carbocycles. The summed E-state index contributed by atoms with van der Waals surface area (Å²) in [6.07, 6.45) is 3.22. The second-order valence-corrected chi connectivity index (χ2v) is 5.54. The Morgan fingerprint density at radius 3 is 2.08 bits per heavy atom. The molecule has 1 amide bonds. The van der Waals surface area contributed by atoms with Gasteiger partial charge in [0.2, 0.25) is 5.91 Å². The molecule has 0 aliphatic rings. The third-order valence-corrected chi connectivity index (χ3v) is 3.58. The highest BCUT2D eigenvalue weighted by Crippen LogP contribution is 2.12. The molecule has 2 aromatic heterocycles. The molecule has 0 spiro atoms. The smallest absolute Gasteiger partial charge is 0.238 e. The van der Waals surface area contributed by atoms with Gasteiger partial charge in [0.05, 0.1) is 43.8 Å². The van der Waals surface area contributed by atoms with Crippen LogP contribution >= 0.6 is 0 Å². The van der Waals surface area contributed by atoms with Crippen molar-refractivity contribution in [1.82, 2.24) is 4.90 Å². The van der Waals surface area contributed by atoms with Gasteiger partial charge < -0.3 is 14.2 Å². The van der Waals surface area contributed by atoms with Crippen molar-refractivity contribution < 1.29 is 13.6 Å². The second kappa shape index (κ2) is 7.99. The predicted molar refractivity (Wildman–Crippen MR) is 91.3 cm³/mol. The summed E-state index contributed by atoms with van der Waals surface area (Å²) in [6, 6.07) is 16.2. The normalized spacial score (nSPS) is 10.6. The average Bonchev–Trinajstić information content (AvgIpc) is 3.29. The molecule has 3 aromatic rings. The number of nitrogens with zero attached hydrogens (tertiary/aromatic N) is 2. The summed E-state index contributed by atoms with van der Waals surface area (Å²) >= 11 is 0. The first kappa shape index (κ1) is 16.6. The maximum Gasteiger partial charge on any atom is 0.238 e. The largest absolute Gasteiger partial charge is 0.468 e. The van der Waals surface area contributed by atoms with Crippen LogP contribution < -0.4 is 5.32 Å². The van der Waals surface area contributed by atoms with E-state index >= 15 is 0 Å². The fourth-order valence-corrected chi connectivity index (χ4v) is 2.45. The lowest BCUT2D eigenvalue weighted by Crippen LogP contribution is -2.32. The van der Waals surface area contributed by atoms with E-state index < -0.39 is 0 Å². The molecule has 0 bridgehead atoms. The van der Waals surface area contributed by atoms with E-state index in [1.54, 1.807) is 36.8 Å². The summed E-state index contributed by atoms with van der Waals surface area (Å²) in [5.74, 6) is 1.40. The highest BCUT2D eigenvalue weighted by atomic mass is 16.3. The molecule has 6 nitrogen and oxygen atoms in total.